The van der Waals surface area contributed by atoms with E-state index < -0.39 is 0 Å². The Morgan fingerprint density at radius 3 is 2.74 bits per heavy atom. The monoisotopic (exact) mass is 278 g/mol. The van der Waals surface area contributed by atoms with Gasteiger partial charge in [-0.15, -0.1) is 11.3 Å². The maximum atomic E-state index is 13.3. The van der Waals surface area contributed by atoms with Crippen molar-refractivity contribution in [2.24, 2.45) is 0 Å². The molecule has 2 N–H and O–H groups in total. The lowest BCUT2D eigenvalue weighted by Gasteiger charge is -2.07. The van der Waals surface area contributed by atoms with Crippen LogP contribution in [0.5, 0.6) is 0 Å². The van der Waals surface area contributed by atoms with Gasteiger partial charge in [0.2, 0.25) is 0 Å². The molecule has 0 radical (unpaired) electrons. The molecule has 5 heteroatoms. The molecule has 1 aromatic carbocycles. The van der Waals surface area contributed by atoms with Crippen LogP contribution >= 0.6 is 11.3 Å². The van der Waals surface area contributed by atoms with Gasteiger partial charge in [0.15, 0.2) is 0 Å². The number of benzene rings is 1. The SMILES string of the molecule is Cc1ccc(CNC(=O)NCc2cccs2)cc1F. The first-order valence-electron chi connectivity index (χ1n) is 5.94. The summed E-state index contributed by atoms with van der Waals surface area (Å²) in [4.78, 5) is 12.6. The molecule has 19 heavy (non-hydrogen) atoms. The lowest BCUT2D eigenvalue weighted by atomic mass is 10.1. The van der Waals surface area contributed by atoms with E-state index in [0.717, 1.165) is 10.4 Å². The highest BCUT2D eigenvalue weighted by Crippen LogP contribution is 2.09. The fourth-order valence-corrected chi connectivity index (χ4v) is 2.22. The minimum absolute atomic E-state index is 0.252. The predicted octanol–water partition coefficient (Wildman–Crippen LogP) is 3.20. The molecule has 0 aliphatic rings. The second-order valence-corrected chi connectivity index (χ2v) is 5.23. The number of thiophene rings is 1. The third-order valence-electron chi connectivity index (χ3n) is 2.69. The Balaban J connectivity index is 1.78. The van der Waals surface area contributed by atoms with Crippen molar-refractivity contribution in [2.75, 3.05) is 0 Å². The van der Waals surface area contributed by atoms with E-state index in [1.807, 2.05) is 17.5 Å². The van der Waals surface area contributed by atoms with Crippen LogP contribution in [0.15, 0.2) is 35.7 Å². The van der Waals surface area contributed by atoms with Crippen LogP contribution in [0.1, 0.15) is 16.0 Å². The van der Waals surface area contributed by atoms with Crippen LogP contribution in [0.3, 0.4) is 0 Å². The van der Waals surface area contributed by atoms with Crippen LogP contribution in [-0.2, 0) is 13.1 Å². The Hall–Kier alpha value is -1.88. The molecule has 0 aliphatic heterocycles. The van der Waals surface area contributed by atoms with E-state index in [9.17, 15) is 9.18 Å². The number of carbonyl (C=O) groups is 1. The van der Waals surface area contributed by atoms with E-state index in [1.54, 1.807) is 30.4 Å². The van der Waals surface area contributed by atoms with E-state index in [4.69, 9.17) is 0 Å². The van der Waals surface area contributed by atoms with Crippen LogP contribution in [0.25, 0.3) is 0 Å². The van der Waals surface area contributed by atoms with Crippen molar-refractivity contribution < 1.29 is 9.18 Å². The van der Waals surface area contributed by atoms with Crippen LogP contribution in [-0.4, -0.2) is 6.03 Å². The summed E-state index contributed by atoms with van der Waals surface area (Å²) in [5, 5.41) is 7.41. The third kappa shape index (κ3) is 4.06. The lowest BCUT2D eigenvalue weighted by Crippen LogP contribution is -2.34. The maximum Gasteiger partial charge on any atom is 0.315 e. The van der Waals surface area contributed by atoms with Gasteiger partial charge in [-0.25, -0.2) is 9.18 Å². The molecule has 2 aromatic rings. The van der Waals surface area contributed by atoms with Crippen molar-refractivity contribution in [2.45, 2.75) is 20.0 Å². The van der Waals surface area contributed by atoms with Crippen molar-refractivity contribution in [3.8, 4) is 0 Å². The lowest BCUT2D eigenvalue weighted by molar-refractivity contribution is 0.240. The van der Waals surface area contributed by atoms with Crippen molar-refractivity contribution in [1.29, 1.82) is 0 Å². The molecular weight excluding hydrogens is 263 g/mol. The summed E-state index contributed by atoms with van der Waals surface area (Å²) in [5.41, 5.74) is 1.35. The van der Waals surface area contributed by atoms with Gasteiger partial charge in [0.05, 0.1) is 6.54 Å². The number of rotatable bonds is 4. The molecule has 1 aromatic heterocycles. The van der Waals surface area contributed by atoms with E-state index in [0.29, 0.717) is 18.7 Å². The number of aryl methyl sites for hydroxylation is 1. The zero-order chi connectivity index (χ0) is 13.7. The summed E-state index contributed by atoms with van der Waals surface area (Å²) in [6.45, 7) is 2.53. The number of nitrogens with one attached hydrogen (secondary N) is 2. The minimum Gasteiger partial charge on any atom is -0.334 e. The normalized spacial score (nSPS) is 10.2. The summed E-state index contributed by atoms with van der Waals surface area (Å²) in [5.74, 6) is -0.252. The Morgan fingerprint density at radius 1 is 1.26 bits per heavy atom. The fraction of sp³-hybridized carbons (Fsp3) is 0.214. The molecule has 0 unspecified atom stereocenters. The molecule has 2 rings (SSSR count). The molecule has 0 fully saturated rings. The Morgan fingerprint density at radius 2 is 2.05 bits per heavy atom. The Kier molecular flexibility index (Phi) is 4.52. The molecule has 0 spiro atoms. The fourth-order valence-electron chi connectivity index (χ4n) is 1.57. The number of halogens is 1. The summed E-state index contributed by atoms with van der Waals surface area (Å²) in [6, 6.07) is 8.59. The zero-order valence-electron chi connectivity index (χ0n) is 10.6. The largest absolute Gasteiger partial charge is 0.334 e. The number of hydrogen-bond acceptors (Lipinski definition) is 2. The third-order valence-corrected chi connectivity index (χ3v) is 3.57. The van der Waals surface area contributed by atoms with E-state index in [2.05, 4.69) is 10.6 Å². The highest BCUT2D eigenvalue weighted by Gasteiger charge is 2.03. The molecule has 0 saturated heterocycles. The average molecular weight is 278 g/mol. The number of carbonyl (C=O) groups excluding carboxylic acids is 1. The maximum absolute atomic E-state index is 13.3. The average Bonchev–Trinajstić information content (AvgIpc) is 2.91. The van der Waals surface area contributed by atoms with Crippen molar-refractivity contribution in [3.05, 3.63) is 57.5 Å². The van der Waals surface area contributed by atoms with Gasteiger partial charge < -0.3 is 10.6 Å². The molecule has 0 bridgehead atoms. The van der Waals surface area contributed by atoms with Gasteiger partial charge in [0, 0.05) is 11.4 Å². The molecule has 3 nitrogen and oxygen atoms in total. The van der Waals surface area contributed by atoms with Gasteiger partial charge in [0.1, 0.15) is 5.82 Å². The molecule has 100 valence electrons. The second kappa shape index (κ2) is 6.33. The highest BCUT2D eigenvalue weighted by atomic mass is 32.1. The van der Waals surface area contributed by atoms with Crippen molar-refractivity contribution >= 4 is 17.4 Å². The quantitative estimate of drug-likeness (QED) is 0.886. The molecule has 1 heterocycles. The summed E-state index contributed by atoms with van der Waals surface area (Å²) in [6.07, 6.45) is 0. The van der Waals surface area contributed by atoms with Crippen LogP contribution in [0, 0.1) is 12.7 Å². The van der Waals surface area contributed by atoms with Gasteiger partial charge in [-0.2, -0.15) is 0 Å². The highest BCUT2D eigenvalue weighted by molar-refractivity contribution is 7.09. The van der Waals surface area contributed by atoms with Crippen LogP contribution in [0.2, 0.25) is 0 Å². The first-order chi connectivity index (χ1) is 9.15. The predicted molar refractivity (Wildman–Crippen MR) is 74.5 cm³/mol. The second-order valence-electron chi connectivity index (χ2n) is 4.20. The number of hydrogen-bond donors (Lipinski definition) is 2. The van der Waals surface area contributed by atoms with Gasteiger partial charge in [-0.3, -0.25) is 0 Å². The van der Waals surface area contributed by atoms with E-state index in [-0.39, 0.29) is 11.8 Å². The zero-order valence-corrected chi connectivity index (χ0v) is 11.4. The van der Waals surface area contributed by atoms with Crippen LogP contribution < -0.4 is 10.6 Å². The van der Waals surface area contributed by atoms with E-state index in [1.165, 1.54) is 6.07 Å². The topological polar surface area (TPSA) is 41.1 Å². The van der Waals surface area contributed by atoms with Crippen LogP contribution in [0.4, 0.5) is 9.18 Å². The summed E-state index contributed by atoms with van der Waals surface area (Å²) in [7, 11) is 0. The standard InChI is InChI=1S/C14H15FN2OS/c1-10-4-5-11(7-13(10)15)8-16-14(18)17-9-12-3-2-6-19-12/h2-7H,8-9H2,1H3,(H2,16,17,18). The molecular formula is C14H15FN2OS. The first kappa shape index (κ1) is 13.5. The van der Waals surface area contributed by atoms with Gasteiger partial charge in [-0.05, 0) is 35.6 Å². The minimum atomic E-state index is -0.255. The first-order valence-corrected chi connectivity index (χ1v) is 6.82. The Bertz CT molecular complexity index is 555. The Labute approximate surface area is 115 Å². The smallest absolute Gasteiger partial charge is 0.315 e. The number of urea groups is 1. The van der Waals surface area contributed by atoms with Crippen molar-refractivity contribution in [3.63, 3.8) is 0 Å². The molecule has 0 aliphatic carbocycles. The van der Waals surface area contributed by atoms with Gasteiger partial charge >= 0.3 is 6.03 Å². The van der Waals surface area contributed by atoms with Gasteiger partial charge in [-0.1, -0.05) is 18.2 Å². The van der Waals surface area contributed by atoms with Gasteiger partial charge in [0.25, 0.3) is 0 Å². The molecule has 0 saturated carbocycles. The summed E-state index contributed by atoms with van der Waals surface area (Å²) < 4.78 is 13.3. The summed E-state index contributed by atoms with van der Waals surface area (Å²) >= 11 is 1.59. The van der Waals surface area contributed by atoms with E-state index >= 15 is 0 Å². The number of amides is 2. The van der Waals surface area contributed by atoms with Crippen molar-refractivity contribution in [1.82, 2.24) is 10.6 Å². The molecule has 0 atom stereocenters. The molecule has 2 amide bonds.